The van der Waals surface area contributed by atoms with Crippen LogP contribution in [0.4, 0.5) is 0 Å². The first kappa shape index (κ1) is 17.8. The molecule has 0 bridgehead atoms. The largest absolute Gasteiger partial charge is 0.472 e. The van der Waals surface area contributed by atoms with E-state index >= 15 is 0 Å². The van der Waals surface area contributed by atoms with E-state index in [1.807, 2.05) is 0 Å². The van der Waals surface area contributed by atoms with Gasteiger partial charge in [-0.2, -0.15) is 0 Å². The molecule has 9 nitrogen and oxygen atoms in total. The molecular formula is C15H22O9. The summed E-state index contributed by atoms with van der Waals surface area (Å²) in [7, 11) is 0. The normalized spacial score (nSPS) is 47.9. The average Bonchev–Trinajstić information content (AvgIpc) is 2.92. The van der Waals surface area contributed by atoms with Gasteiger partial charge in [-0.1, -0.05) is 6.08 Å². The second-order valence-electron chi connectivity index (χ2n) is 6.16. The zero-order valence-corrected chi connectivity index (χ0v) is 12.8. The van der Waals surface area contributed by atoms with Crippen molar-refractivity contribution in [1.82, 2.24) is 0 Å². The Kier molecular flexibility index (Phi) is 5.23. The van der Waals surface area contributed by atoms with Crippen LogP contribution in [0.1, 0.15) is 0 Å². The molecule has 1 aliphatic carbocycles. The Hall–Kier alpha value is -1.04. The van der Waals surface area contributed by atoms with Gasteiger partial charge in [0.15, 0.2) is 6.29 Å². The minimum Gasteiger partial charge on any atom is -0.472 e. The predicted molar refractivity (Wildman–Crippen MR) is 77.0 cm³/mol. The van der Waals surface area contributed by atoms with Gasteiger partial charge < -0.3 is 44.8 Å². The Bertz CT molecular complexity index is 505. The summed E-state index contributed by atoms with van der Waals surface area (Å²) in [6.45, 7) is -0.854. The fourth-order valence-electron chi connectivity index (χ4n) is 3.38. The van der Waals surface area contributed by atoms with E-state index in [-0.39, 0.29) is 12.5 Å². The van der Waals surface area contributed by atoms with Gasteiger partial charge in [0, 0.05) is 5.92 Å². The van der Waals surface area contributed by atoms with Gasteiger partial charge in [-0.15, -0.1) is 0 Å². The van der Waals surface area contributed by atoms with Gasteiger partial charge in [0.2, 0.25) is 6.29 Å². The summed E-state index contributed by atoms with van der Waals surface area (Å²) in [4.78, 5) is 0. The van der Waals surface area contributed by atoms with Crippen LogP contribution in [0, 0.1) is 11.8 Å². The maximum absolute atomic E-state index is 10.0. The number of hydrogen-bond donors (Lipinski definition) is 6. The lowest BCUT2D eigenvalue weighted by atomic mass is 9.88. The second kappa shape index (κ2) is 7.06. The SMILES string of the molecule is OCC1=C[C@@H](O)[C@@H]2C=CO[C@@H](OC3OC(CO)C(O)C(O)C3O)[C@H]12. The summed E-state index contributed by atoms with van der Waals surface area (Å²) in [5, 5.41) is 58.3. The molecule has 0 spiro atoms. The van der Waals surface area contributed by atoms with E-state index in [0.717, 1.165) is 0 Å². The van der Waals surface area contributed by atoms with Crippen molar-refractivity contribution in [3.63, 3.8) is 0 Å². The molecule has 5 unspecified atom stereocenters. The van der Waals surface area contributed by atoms with Crippen molar-refractivity contribution in [1.29, 1.82) is 0 Å². The summed E-state index contributed by atoms with van der Waals surface area (Å²) >= 11 is 0. The van der Waals surface area contributed by atoms with Gasteiger partial charge in [-0.05, 0) is 11.6 Å². The van der Waals surface area contributed by atoms with Gasteiger partial charge in [0.1, 0.15) is 24.4 Å². The van der Waals surface area contributed by atoms with E-state index < -0.39 is 55.6 Å². The highest BCUT2D eigenvalue weighted by Crippen LogP contribution is 2.40. The molecule has 0 radical (unpaired) electrons. The van der Waals surface area contributed by atoms with Crippen molar-refractivity contribution in [3.8, 4) is 0 Å². The first-order valence-corrected chi connectivity index (χ1v) is 7.75. The van der Waals surface area contributed by atoms with Gasteiger partial charge in [-0.3, -0.25) is 0 Å². The molecule has 6 N–H and O–H groups in total. The average molecular weight is 346 g/mol. The topological polar surface area (TPSA) is 149 Å². The van der Waals surface area contributed by atoms with Crippen molar-refractivity contribution >= 4 is 0 Å². The van der Waals surface area contributed by atoms with Crippen molar-refractivity contribution in [2.24, 2.45) is 11.8 Å². The quantitative estimate of drug-likeness (QED) is 0.297. The number of hydrogen-bond acceptors (Lipinski definition) is 9. The second-order valence-corrected chi connectivity index (χ2v) is 6.16. The molecule has 2 aliphatic heterocycles. The number of aliphatic hydroxyl groups is 6. The molecule has 1 saturated heterocycles. The highest BCUT2D eigenvalue weighted by molar-refractivity contribution is 5.25. The van der Waals surface area contributed by atoms with Crippen LogP contribution in [-0.2, 0) is 14.2 Å². The lowest BCUT2D eigenvalue weighted by Gasteiger charge is -2.42. The summed E-state index contributed by atoms with van der Waals surface area (Å²) < 4.78 is 16.3. The number of aliphatic hydroxyl groups excluding tert-OH is 6. The molecule has 3 aliphatic rings. The molecule has 0 aromatic rings. The van der Waals surface area contributed by atoms with Crippen LogP contribution in [0.15, 0.2) is 24.0 Å². The van der Waals surface area contributed by atoms with E-state index in [9.17, 15) is 30.6 Å². The first-order chi connectivity index (χ1) is 11.5. The Morgan fingerprint density at radius 1 is 1.00 bits per heavy atom. The number of fused-ring (bicyclic) bond motifs is 1. The van der Waals surface area contributed by atoms with E-state index in [2.05, 4.69) is 0 Å². The molecule has 0 saturated carbocycles. The molecule has 9 atom stereocenters. The molecule has 0 aromatic heterocycles. The van der Waals surface area contributed by atoms with Gasteiger partial charge in [0.25, 0.3) is 0 Å². The lowest BCUT2D eigenvalue weighted by molar-refractivity contribution is -0.339. The van der Waals surface area contributed by atoms with Crippen LogP contribution in [0.3, 0.4) is 0 Å². The molecule has 24 heavy (non-hydrogen) atoms. The smallest absolute Gasteiger partial charge is 0.209 e. The van der Waals surface area contributed by atoms with Crippen molar-refractivity contribution in [2.45, 2.75) is 43.1 Å². The molecule has 136 valence electrons. The third-order valence-corrected chi connectivity index (χ3v) is 4.73. The standard InChI is InChI=1S/C15H22O9/c16-4-6-3-8(18)7-1-2-22-14(10(6)7)24-15-13(21)12(20)11(19)9(5-17)23-15/h1-3,7-21H,4-5H2/t7-,8+,9?,10+,11?,12?,13?,14-,15?/m0/s1. The Labute approximate surface area is 138 Å². The minimum atomic E-state index is -1.56. The molecule has 2 heterocycles. The van der Waals surface area contributed by atoms with Crippen LogP contribution in [0.25, 0.3) is 0 Å². The Morgan fingerprint density at radius 3 is 2.42 bits per heavy atom. The van der Waals surface area contributed by atoms with Crippen molar-refractivity contribution < 1.29 is 44.8 Å². The van der Waals surface area contributed by atoms with E-state index in [0.29, 0.717) is 5.57 Å². The van der Waals surface area contributed by atoms with Gasteiger partial charge in [0.05, 0.1) is 31.5 Å². The van der Waals surface area contributed by atoms with Crippen molar-refractivity contribution in [3.05, 3.63) is 24.0 Å². The van der Waals surface area contributed by atoms with Crippen LogP contribution in [0.2, 0.25) is 0 Å². The van der Waals surface area contributed by atoms with Crippen LogP contribution in [-0.4, -0.2) is 87.0 Å². The zero-order chi connectivity index (χ0) is 17.4. The highest BCUT2D eigenvalue weighted by Gasteiger charge is 2.49. The molecule has 1 fully saturated rings. The van der Waals surface area contributed by atoms with E-state index in [1.165, 1.54) is 12.3 Å². The minimum absolute atomic E-state index is 0.288. The third-order valence-electron chi connectivity index (χ3n) is 4.73. The summed E-state index contributed by atoms with van der Waals surface area (Å²) in [5.41, 5.74) is 0.534. The van der Waals surface area contributed by atoms with Crippen LogP contribution in [0.5, 0.6) is 0 Å². The first-order valence-electron chi connectivity index (χ1n) is 7.75. The van der Waals surface area contributed by atoms with Crippen LogP contribution < -0.4 is 0 Å². The fourth-order valence-corrected chi connectivity index (χ4v) is 3.38. The number of ether oxygens (including phenoxy) is 3. The molecule has 0 aromatic carbocycles. The maximum Gasteiger partial charge on any atom is 0.209 e. The van der Waals surface area contributed by atoms with Crippen molar-refractivity contribution in [2.75, 3.05) is 13.2 Å². The van der Waals surface area contributed by atoms with Gasteiger partial charge in [-0.25, -0.2) is 0 Å². The Morgan fingerprint density at radius 2 is 1.75 bits per heavy atom. The molecule has 3 rings (SSSR count). The van der Waals surface area contributed by atoms with E-state index in [1.54, 1.807) is 6.08 Å². The molecule has 9 heteroatoms. The lowest BCUT2D eigenvalue weighted by Crippen LogP contribution is -2.60. The summed E-state index contributed by atoms with van der Waals surface area (Å²) in [6, 6.07) is 0. The monoisotopic (exact) mass is 346 g/mol. The third kappa shape index (κ3) is 2.98. The fraction of sp³-hybridized carbons (Fsp3) is 0.733. The number of rotatable bonds is 4. The Balaban J connectivity index is 1.75. The predicted octanol–water partition coefficient (Wildman–Crippen LogP) is -2.80. The zero-order valence-electron chi connectivity index (χ0n) is 12.8. The van der Waals surface area contributed by atoms with Crippen LogP contribution >= 0.6 is 0 Å². The maximum atomic E-state index is 10.0. The molecule has 0 amide bonds. The van der Waals surface area contributed by atoms with E-state index in [4.69, 9.17) is 14.2 Å². The summed E-state index contributed by atoms with van der Waals surface area (Å²) in [6.07, 6.45) is -4.27. The highest BCUT2D eigenvalue weighted by atomic mass is 16.8. The molecular weight excluding hydrogens is 324 g/mol. The van der Waals surface area contributed by atoms with Gasteiger partial charge >= 0.3 is 0 Å². The summed E-state index contributed by atoms with van der Waals surface area (Å²) in [5.74, 6) is -0.835.